The second-order valence-electron chi connectivity index (χ2n) is 7.27. The molecule has 140 valence electrons. The summed E-state index contributed by atoms with van der Waals surface area (Å²) in [6.45, 7) is 3.52. The summed E-state index contributed by atoms with van der Waals surface area (Å²) in [5.74, 6) is 0.0898. The Balaban J connectivity index is 1.37. The van der Waals surface area contributed by atoms with Gasteiger partial charge in [0.1, 0.15) is 0 Å². The number of nitrogens with zero attached hydrogens (tertiary/aromatic N) is 4. The molecule has 0 saturated carbocycles. The number of likely N-dealkylation sites (tertiary alicyclic amines) is 1. The van der Waals surface area contributed by atoms with Gasteiger partial charge in [-0.2, -0.15) is 5.10 Å². The molecular weight excluding hydrogens is 340 g/mol. The van der Waals surface area contributed by atoms with Gasteiger partial charge in [0.05, 0.1) is 11.6 Å². The molecule has 27 heavy (non-hydrogen) atoms. The van der Waals surface area contributed by atoms with Crippen LogP contribution in [0.4, 0.5) is 0 Å². The van der Waals surface area contributed by atoms with Crippen LogP contribution in [0.1, 0.15) is 17.8 Å². The third kappa shape index (κ3) is 3.85. The number of amides is 1. The average Bonchev–Trinajstić information content (AvgIpc) is 3.25. The van der Waals surface area contributed by atoms with Crippen LogP contribution in [0, 0.1) is 12.8 Å². The summed E-state index contributed by atoms with van der Waals surface area (Å²) in [6.07, 6.45) is 2.31. The molecule has 1 fully saturated rings. The zero-order valence-electron chi connectivity index (χ0n) is 15.5. The van der Waals surface area contributed by atoms with Crippen LogP contribution >= 0.6 is 0 Å². The smallest absolute Gasteiger partial charge is 0.224 e. The van der Waals surface area contributed by atoms with Gasteiger partial charge in [0.25, 0.3) is 0 Å². The minimum atomic E-state index is -0.506. The molecule has 1 amide bonds. The standard InChI is InChI=1S/C21H24N4O2/c1-15-8-10-22-25(15)11-9-21(27)24-13-17(20(26)14-24)12-18-7-6-16-4-2-3-5-19(16)23-18/h2-8,10,17,20,26H,9,11-14H2,1H3/t17-,20-/m1/s1. The normalized spacial score (nSPS) is 19.7. The van der Waals surface area contributed by atoms with E-state index in [9.17, 15) is 9.90 Å². The SMILES string of the molecule is Cc1ccnn1CCC(=O)N1C[C@@H](Cc2ccc3ccccc3n2)[C@H](O)C1. The lowest BCUT2D eigenvalue weighted by Gasteiger charge is -2.16. The molecule has 2 aromatic heterocycles. The number of para-hydroxylation sites is 1. The highest BCUT2D eigenvalue weighted by Gasteiger charge is 2.34. The van der Waals surface area contributed by atoms with Crippen molar-refractivity contribution in [3.05, 3.63) is 60.0 Å². The number of aliphatic hydroxyl groups excluding tert-OH is 1. The van der Waals surface area contributed by atoms with E-state index in [1.54, 1.807) is 11.1 Å². The molecule has 0 aliphatic carbocycles. The molecule has 6 heteroatoms. The van der Waals surface area contributed by atoms with E-state index in [2.05, 4.69) is 11.2 Å². The van der Waals surface area contributed by atoms with Crippen molar-refractivity contribution in [1.82, 2.24) is 19.7 Å². The number of aromatic nitrogens is 3. The van der Waals surface area contributed by atoms with Gasteiger partial charge in [-0.05, 0) is 31.5 Å². The van der Waals surface area contributed by atoms with Crippen LogP contribution in [-0.4, -0.2) is 49.9 Å². The number of benzene rings is 1. The Morgan fingerprint density at radius 3 is 2.85 bits per heavy atom. The number of hydrogen-bond acceptors (Lipinski definition) is 4. The number of hydrogen-bond donors (Lipinski definition) is 1. The molecule has 0 bridgehead atoms. The van der Waals surface area contributed by atoms with Crippen LogP contribution in [0.15, 0.2) is 48.7 Å². The van der Waals surface area contributed by atoms with Gasteiger partial charge >= 0.3 is 0 Å². The van der Waals surface area contributed by atoms with E-state index in [1.165, 1.54) is 0 Å². The van der Waals surface area contributed by atoms with Crippen molar-refractivity contribution in [2.45, 2.75) is 32.4 Å². The predicted molar refractivity (Wildman–Crippen MR) is 103 cm³/mol. The molecule has 0 spiro atoms. The van der Waals surface area contributed by atoms with E-state index in [-0.39, 0.29) is 11.8 Å². The molecule has 1 aromatic carbocycles. The van der Waals surface area contributed by atoms with Gasteiger partial charge in [0, 0.05) is 54.9 Å². The largest absolute Gasteiger partial charge is 0.391 e. The summed E-state index contributed by atoms with van der Waals surface area (Å²) < 4.78 is 1.83. The fourth-order valence-corrected chi connectivity index (χ4v) is 3.74. The summed E-state index contributed by atoms with van der Waals surface area (Å²) in [5.41, 5.74) is 2.97. The average molecular weight is 364 g/mol. The zero-order chi connectivity index (χ0) is 18.8. The van der Waals surface area contributed by atoms with Crippen LogP contribution < -0.4 is 0 Å². The van der Waals surface area contributed by atoms with Crippen molar-refractivity contribution in [3.63, 3.8) is 0 Å². The first-order valence-electron chi connectivity index (χ1n) is 9.39. The van der Waals surface area contributed by atoms with Crippen molar-refractivity contribution in [3.8, 4) is 0 Å². The number of fused-ring (bicyclic) bond motifs is 1. The first-order chi connectivity index (χ1) is 13.1. The topological polar surface area (TPSA) is 71.2 Å². The van der Waals surface area contributed by atoms with Gasteiger partial charge in [0.15, 0.2) is 0 Å². The molecule has 1 N–H and O–H groups in total. The number of β-amino-alcohol motifs (C(OH)–C–C–N with tert-alkyl or cyclic N) is 1. The van der Waals surface area contributed by atoms with Crippen LogP contribution in [0.5, 0.6) is 0 Å². The van der Waals surface area contributed by atoms with Gasteiger partial charge in [-0.25, -0.2) is 0 Å². The number of carbonyl (C=O) groups is 1. The first-order valence-corrected chi connectivity index (χ1v) is 9.39. The highest BCUT2D eigenvalue weighted by atomic mass is 16.3. The van der Waals surface area contributed by atoms with Crippen molar-refractivity contribution < 1.29 is 9.90 Å². The molecule has 6 nitrogen and oxygen atoms in total. The van der Waals surface area contributed by atoms with Crippen molar-refractivity contribution in [2.75, 3.05) is 13.1 Å². The highest BCUT2D eigenvalue weighted by Crippen LogP contribution is 2.23. The zero-order valence-corrected chi connectivity index (χ0v) is 15.5. The van der Waals surface area contributed by atoms with Gasteiger partial charge < -0.3 is 10.0 Å². The van der Waals surface area contributed by atoms with Crippen LogP contribution in [0.2, 0.25) is 0 Å². The Hall–Kier alpha value is -2.73. The van der Waals surface area contributed by atoms with Gasteiger partial charge in [-0.1, -0.05) is 24.3 Å². The number of carbonyl (C=O) groups excluding carboxylic acids is 1. The van der Waals surface area contributed by atoms with Crippen molar-refractivity contribution >= 4 is 16.8 Å². The summed E-state index contributed by atoms with van der Waals surface area (Å²) in [6, 6.07) is 14.0. The molecular formula is C21H24N4O2. The van der Waals surface area contributed by atoms with E-state index in [0.717, 1.165) is 22.3 Å². The Kier molecular flexibility index (Phi) is 4.90. The lowest BCUT2D eigenvalue weighted by molar-refractivity contribution is -0.130. The molecule has 1 saturated heterocycles. The first kappa shape index (κ1) is 17.7. The number of rotatable bonds is 5. The minimum absolute atomic E-state index is 0.0223. The number of aliphatic hydroxyl groups is 1. The van der Waals surface area contributed by atoms with E-state index in [0.29, 0.717) is 32.5 Å². The fraction of sp³-hybridized carbons (Fsp3) is 0.381. The van der Waals surface area contributed by atoms with Gasteiger partial charge in [0.2, 0.25) is 5.91 Å². The van der Waals surface area contributed by atoms with Crippen molar-refractivity contribution in [2.24, 2.45) is 5.92 Å². The second kappa shape index (κ2) is 7.48. The summed E-state index contributed by atoms with van der Waals surface area (Å²) in [5, 5.41) is 15.8. The molecule has 3 heterocycles. The third-order valence-electron chi connectivity index (χ3n) is 5.35. The minimum Gasteiger partial charge on any atom is -0.391 e. The van der Waals surface area contributed by atoms with E-state index in [4.69, 9.17) is 4.98 Å². The molecule has 3 aromatic rings. The Labute approximate surface area is 158 Å². The fourth-order valence-electron chi connectivity index (χ4n) is 3.74. The van der Waals surface area contributed by atoms with E-state index >= 15 is 0 Å². The lowest BCUT2D eigenvalue weighted by Crippen LogP contribution is -2.30. The Morgan fingerprint density at radius 1 is 1.19 bits per heavy atom. The maximum Gasteiger partial charge on any atom is 0.224 e. The quantitative estimate of drug-likeness (QED) is 0.753. The third-order valence-corrected chi connectivity index (χ3v) is 5.35. The lowest BCUT2D eigenvalue weighted by atomic mass is 9.99. The van der Waals surface area contributed by atoms with Crippen LogP contribution in [0.3, 0.4) is 0 Å². The monoisotopic (exact) mass is 364 g/mol. The van der Waals surface area contributed by atoms with Crippen LogP contribution in [-0.2, 0) is 17.8 Å². The van der Waals surface area contributed by atoms with E-state index < -0.39 is 6.10 Å². The maximum absolute atomic E-state index is 12.5. The molecule has 0 unspecified atom stereocenters. The second-order valence-corrected chi connectivity index (χ2v) is 7.27. The Morgan fingerprint density at radius 2 is 2.04 bits per heavy atom. The van der Waals surface area contributed by atoms with E-state index in [1.807, 2.05) is 48.0 Å². The summed E-state index contributed by atoms with van der Waals surface area (Å²) in [4.78, 5) is 19.0. The Bertz CT molecular complexity index is 952. The van der Waals surface area contributed by atoms with Gasteiger partial charge in [-0.15, -0.1) is 0 Å². The van der Waals surface area contributed by atoms with Crippen LogP contribution in [0.25, 0.3) is 10.9 Å². The summed E-state index contributed by atoms with van der Waals surface area (Å²) >= 11 is 0. The molecule has 1 aliphatic heterocycles. The highest BCUT2D eigenvalue weighted by molar-refractivity contribution is 5.78. The molecule has 4 rings (SSSR count). The maximum atomic E-state index is 12.5. The molecule has 1 aliphatic rings. The number of aryl methyl sites for hydroxylation is 2. The van der Waals surface area contributed by atoms with Crippen molar-refractivity contribution in [1.29, 1.82) is 0 Å². The van der Waals surface area contributed by atoms with Gasteiger partial charge in [-0.3, -0.25) is 14.5 Å². The summed E-state index contributed by atoms with van der Waals surface area (Å²) in [7, 11) is 0. The predicted octanol–water partition coefficient (Wildman–Crippen LogP) is 2.19. The molecule has 0 radical (unpaired) electrons. The molecule has 2 atom stereocenters. The number of pyridine rings is 1.